The van der Waals surface area contributed by atoms with Crippen LogP contribution in [0.3, 0.4) is 0 Å². The molecule has 0 saturated heterocycles. The van der Waals surface area contributed by atoms with E-state index >= 15 is 0 Å². The second-order valence-corrected chi connectivity index (χ2v) is 7.57. The van der Waals surface area contributed by atoms with E-state index in [1.807, 2.05) is 0 Å². The molecular formula is C19H23F3O7. The highest BCUT2D eigenvalue weighted by Crippen LogP contribution is 2.36. The smallest absolute Gasteiger partial charge is 0.504 e. The van der Waals surface area contributed by atoms with Gasteiger partial charge in [0.25, 0.3) is 0 Å². The zero-order valence-electron chi connectivity index (χ0n) is 16.2. The second kappa shape index (κ2) is 8.89. The van der Waals surface area contributed by atoms with Crippen molar-refractivity contribution in [3.63, 3.8) is 0 Å². The molecule has 1 aliphatic rings. The zero-order valence-corrected chi connectivity index (χ0v) is 16.2. The van der Waals surface area contributed by atoms with E-state index in [1.165, 1.54) is 0 Å². The average molecular weight is 420 g/mol. The number of aldehydes is 1. The highest BCUT2D eigenvalue weighted by molar-refractivity contribution is 5.81. The van der Waals surface area contributed by atoms with Gasteiger partial charge in [-0.1, -0.05) is 0 Å². The molecule has 0 amide bonds. The Morgan fingerprint density at radius 3 is 2.38 bits per heavy atom. The SMILES string of the molecule is CC(C)(C)OC(=O)C1CC(OCCOc2cc(O)c(OC(F)(F)F)cc2C=O)C1. The van der Waals surface area contributed by atoms with Crippen molar-refractivity contribution in [1.29, 1.82) is 0 Å². The number of ether oxygens (including phenoxy) is 4. The van der Waals surface area contributed by atoms with Crippen LogP contribution in [0.15, 0.2) is 12.1 Å². The van der Waals surface area contributed by atoms with Crippen LogP contribution in [0.25, 0.3) is 0 Å². The van der Waals surface area contributed by atoms with Gasteiger partial charge in [0.05, 0.1) is 24.2 Å². The number of phenolic OH excluding ortho intramolecular Hbond substituents is 1. The van der Waals surface area contributed by atoms with E-state index in [9.17, 15) is 27.9 Å². The number of halogens is 3. The molecule has 1 aromatic rings. The molecule has 10 heteroatoms. The molecule has 7 nitrogen and oxygen atoms in total. The van der Waals surface area contributed by atoms with Crippen LogP contribution in [-0.4, -0.2) is 48.6 Å². The molecule has 2 rings (SSSR count). The maximum absolute atomic E-state index is 12.3. The van der Waals surface area contributed by atoms with E-state index in [1.54, 1.807) is 20.8 Å². The molecule has 1 fully saturated rings. The number of esters is 1. The molecule has 0 unspecified atom stereocenters. The molecule has 1 aromatic carbocycles. The van der Waals surface area contributed by atoms with Crippen molar-refractivity contribution in [2.75, 3.05) is 13.2 Å². The second-order valence-electron chi connectivity index (χ2n) is 7.57. The summed E-state index contributed by atoms with van der Waals surface area (Å²) in [6.07, 6.45) is -3.79. The Balaban J connectivity index is 1.78. The van der Waals surface area contributed by atoms with Crippen molar-refractivity contribution in [1.82, 2.24) is 0 Å². The number of phenols is 1. The van der Waals surface area contributed by atoms with Gasteiger partial charge in [0.2, 0.25) is 0 Å². The maximum atomic E-state index is 12.3. The van der Waals surface area contributed by atoms with E-state index in [0.29, 0.717) is 12.8 Å². The summed E-state index contributed by atoms with van der Waals surface area (Å²) in [5.41, 5.74) is -0.755. The first-order valence-corrected chi connectivity index (χ1v) is 8.93. The summed E-state index contributed by atoms with van der Waals surface area (Å²) in [6.45, 7) is 5.51. The number of hydrogen-bond acceptors (Lipinski definition) is 7. The van der Waals surface area contributed by atoms with Crippen LogP contribution in [-0.2, 0) is 14.3 Å². The van der Waals surface area contributed by atoms with Gasteiger partial charge in [0.15, 0.2) is 17.8 Å². The lowest BCUT2D eigenvalue weighted by Crippen LogP contribution is -2.40. The fourth-order valence-electron chi connectivity index (χ4n) is 2.63. The van der Waals surface area contributed by atoms with Crippen LogP contribution in [0.2, 0.25) is 0 Å². The molecule has 1 saturated carbocycles. The summed E-state index contributed by atoms with van der Waals surface area (Å²) in [7, 11) is 0. The van der Waals surface area contributed by atoms with Crippen molar-refractivity contribution in [2.45, 2.75) is 51.7 Å². The first-order valence-electron chi connectivity index (χ1n) is 8.93. The summed E-state index contributed by atoms with van der Waals surface area (Å²) < 4.78 is 56.6. The first-order chi connectivity index (χ1) is 13.4. The van der Waals surface area contributed by atoms with E-state index in [0.717, 1.165) is 12.1 Å². The van der Waals surface area contributed by atoms with Gasteiger partial charge in [0.1, 0.15) is 18.0 Å². The molecule has 1 N–H and O–H groups in total. The number of alkyl halides is 3. The standard InChI is InChI=1S/C19H23F3O7/c1-18(2,3)29-17(25)11-6-13(7-11)26-4-5-27-15-9-14(24)16(8-12(15)10-23)28-19(20,21)22/h8-11,13,24H,4-7H2,1-3H3. The van der Waals surface area contributed by atoms with Gasteiger partial charge in [-0.15, -0.1) is 13.2 Å². The van der Waals surface area contributed by atoms with Gasteiger partial charge in [-0.3, -0.25) is 9.59 Å². The number of rotatable bonds is 8. The van der Waals surface area contributed by atoms with Crippen molar-refractivity contribution in [3.05, 3.63) is 17.7 Å². The Morgan fingerprint density at radius 2 is 1.83 bits per heavy atom. The molecule has 162 valence electrons. The van der Waals surface area contributed by atoms with Crippen molar-refractivity contribution in [3.8, 4) is 17.2 Å². The normalized spacial score (nSPS) is 19.2. The maximum Gasteiger partial charge on any atom is 0.573 e. The molecule has 0 bridgehead atoms. The quantitative estimate of drug-likeness (QED) is 0.390. The Morgan fingerprint density at radius 1 is 1.17 bits per heavy atom. The molecule has 0 heterocycles. The lowest BCUT2D eigenvalue weighted by Gasteiger charge is -2.35. The highest BCUT2D eigenvalue weighted by atomic mass is 19.4. The van der Waals surface area contributed by atoms with E-state index in [-0.39, 0.29) is 48.8 Å². The zero-order chi connectivity index (χ0) is 21.8. The van der Waals surface area contributed by atoms with Crippen LogP contribution >= 0.6 is 0 Å². The molecule has 29 heavy (non-hydrogen) atoms. The van der Waals surface area contributed by atoms with Crippen LogP contribution in [0.1, 0.15) is 44.0 Å². The van der Waals surface area contributed by atoms with E-state index in [4.69, 9.17) is 14.2 Å². The molecular weight excluding hydrogens is 397 g/mol. The summed E-state index contributed by atoms with van der Waals surface area (Å²) in [4.78, 5) is 23.0. The third kappa shape index (κ3) is 7.12. The average Bonchev–Trinajstić information content (AvgIpc) is 2.52. The highest BCUT2D eigenvalue weighted by Gasteiger charge is 2.38. The number of carbonyl (C=O) groups is 2. The first kappa shape index (κ1) is 22.8. The van der Waals surface area contributed by atoms with Crippen LogP contribution < -0.4 is 9.47 Å². The Bertz CT molecular complexity index is 735. The molecule has 0 aromatic heterocycles. The fraction of sp³-hybridized carbons (Fsp3) is 0.579. The minimum absolute atomic E-state index is 0.00659. The molecule has 0 spiro atoms. The largest absolute Gasteiger partial charge is 0.573 e. The van der Waals surface area contributed by atoms with E-state index in [2.05, 4.69) is 4.74 Å². The lowest BCUT2D eigenvalue weighted by atomic mass is 9.82. The minimum atomic E-state index is -5.01. The number of benzene rings is 1. The van der Waals surface area contributed by atoms with Crippen molar-refractivity contribution < 1.29 is 46.8 Å². The minimum Gasteiger partial charge on any atom is -0.504 e. The van der Waals surface area contributed by atoms with Crippen molar-refractivity contribution >= 4 is 12.3 Å². The van der Waals surface area contributed by atoms with Crippen molar-refractivity contribution in [2.24, 2.45) is 5.92 Å². The Labute approximate surface area is 165 Å². The Hall–Kier alpha value is -2.49. The molecule has 1 aliphatic carbocycles. The van der Waals surface area contributed by atoms with Gasteiger partial charge >= 0.3 is 12.3 Å². The van der Waals surface area contributed by atoms with Gasteiger partial charge in [-0.2, -0.15) is 0 Å². The summed E-state index contributed by atoms with van der Waals surface area (Å²) >= 11 is 0. The third-order valence-corrected chi connectivity index (χ3v) is 3.97. The molecule has 0 radical (unpaired) electrons. The summed E-state index contributed by atoms with van der Waals surface area (Å²) in [5.74, 6) is -2.29. The third-order valence-electron chi connectivity index (χ3n) is 3.97. The van der Waals surface area contributed by atoms with Crippen LogP contribution in [0.4, 0.5) is 13.2 Å². The predicted molar refractivity (Wildman–Crippen MR) is 94.0 cm³/mol. The predicted octanol–water partition coefficient (Wildman–Crippen LogP) is 3.62. The molecule has 0 aliphatic heterocycles. The van der Waals surface area contributed by atoms with E-state index < -0.39 is 23.5 Å². The number of carbonyl (C=O) groups excluding carboxylic acids is 2. The van der Waals surface area contributed by atoms with Gasteiger partial charge in [-0.25, -0.2) is 0 Å². The monoisotopic (exact) mass is 420 g/mol. The van der Waals surface area contributed by atoms with Gasteiger partial charge < -0.3 is 24.1 Å². The van der Waals surface area contributed by atoms with Crippen LogP contribution in [0, 0.1) is 5.92 Å². The fourth-order valence-corrected chi connectivity index (χ4v) is 2.63. The van der Waals surface area contributed by atoms with Crippen LogP contribution in [0.5, 0.6) is 17.2 Å². The summed E-state index contributed by atoms with van der Waals surface area (Å²) in [5, 5.41) is 9.63. The summed E-state index contributed by atoms with van der Waals surface area (Å²) in [6, 6.07) is 1.61. The topological polar surface area (TPSA) is 91.3 Å². The molecule has 0 atom stereocenters. The Kier molecular flexibility index (Phi) is 6.99. The van der Waals surface area contributed by atoms with Gasteiger partial charge in [0, 0.05) is 6.07 Å². The van der Waals surface area contributed by atoms with Gasteiger partial charge in [-0.05, 0) is 39.7 Å². The lowest BCUT2D eigenvalue weighted by molar-refractivity contribution is -0.275. The number of aromatic hydroxyl groups is 1. The number of hydrogen-bond donors (Lipinski definition) is 1.